The number of hydrogen-bond donors (Lipinski definition) is 1. The molecule has 7 nitrogen and oxygen atoms in total. The first-order valence-corrected chi connectivity index (χ1v) is 5.00. The lowest BCUT2D eigenvalue weighted by molar-refractivity contribution is 0.677. The Balaban J connectivity index is 2.14. The Hall–Kier alpha value is -2.18. The second kappa shape index (κ2) is 3.16. The van der Waals surface area contributed by atoms with Gasteiger partial charge in [0.2, 0.25) is 11.8 Å². The second-order valence-electron chi connectivity index (χ2n) is 3.74. The Kier molecular flexibility index (Phi) is 1.79. The van der Waals surface area contributed by atoms with Crippen LogP contribution in [0, 0.1) is 0 Å². The Morgan fingerprint density at radius 2 is 2.19 bits per heavy atom. The fraction of sp³-hybridized carbons (Fsp3) is 0.333. The summed E-state index contributed by atoms with van der Waals surface area (Å²) in [4.78, 5) is 19.8. The highest BCUT2D eigenvalue weighted by atomic mass is 16.1. The van der Waals surface area contributed by atoms with Crippen molar-refractivity contribution in [3.63, 3.8) is 0 Å². The molecule has 2 aromatic rings. The van der Waals surface area contributed by atoms with Crippen molar-refractivity contribution in [3.8, 4) is 5.82 Å². The quantitative estimate of drug-likeness (QED) is 0.749. The molecule has 0 saturated heterocycles. The number of nitrogen functional groups attached to an aromatic ring is 1. The maximum Gasteiger partial charge on any atom is 0.296 e. The fourth-order valence-corrected chi connectivity index (χ4v) is 1.59. The van der Waals surface area contributed by atoms with Gasteiger partial charge in [-0.25, -0.2) is 9.97 Å². The van der Waals surface area contributed by atoms with Crippen LogP contribution in [0.4, 0.5) is 5.95 Å². The highest BCUT2D eigenvalue weighted by Crippen LogP contribution is 2.33. The van der Waals surface area contributed by atoms with Crippen LogP contribution in [0.25, 0.3) is 5.82 Å². The van der Waals surface area contributed by atoms with Crippen molar-refractivity contribution in [2.75, 3.05) is 5.73 Å². The van der Waals surface area contributed by atoms with Gasteiger partial charge in [-0.05, 0) is 12.8 Å². The second-order valence-corrected chi connectivity index (χ2v) is 3.74. The average molecular weight is 218 g/mol. The minimum absolute atomic E-state index is 0.128. The highest BCUT2D eigenvalue weighted by molar-refractivity contribution is 5.20. The molecule has 0 unspecified atom stereocenters. The van der Waals surface area contributed by atoms with Crippen LogP contribution in [0.3, 0.4) is 0 Å². The molecule has 16 heavy (non-hydrogen) atoms. The molecule has 2 N–H and O–H groups in total. The summed E-state index contributed by atoms with van der Waals surface area (Å²) in [6.07, 6.45) is 6.76. The van der Waals surface area contributed by atoms with Gasteiger partial charge < -0.3 is 10.3 Å². The molecule has 0 radical (unpaired) electrons. The van der Waals surface area contributed by atoms with Gasteiger partial charge >= 0.3 is 0 Å². The molecular formula is C9H10N6O. The number of hydrogen-bond acceptors (Lipinski definition) is 5. The first-order chi connectivity index (χ1) is 7.75. The lowest BCUT2D eigenvalue weighted by atomic mass is 10.5. The van der Waals surface area contributed by atoms with Crippen LogP contribution in [-0.2, 0) is 0 Å². The van der Waals surface area contributed by atoms with E-state index in [0.29, 0.717) is 6.04 Å². The molecule has 2 aromatic heterocycles. The Labute approximate surface area is 90.6 Å². The lowest BCUT2D eigenvalue weighted by Crippen LogP contribution is -2.24. The van der Waals surface area contributed by atoms with E-state index in [2.05, 4.69) is 15.1 Å². The molecular weight excluding hydrogens is 208 g/mol. The molecule has 0 bridgehead atoms. The summed E-state index contributed by atoms with van der Waals surface area (Å²) in [7, 11) is 0. The maximum atomic E-state index is 12.0. The number of anilines is 1. The van der Waals surface area contributed by atoms with Gasteiger partial charge in [-0.1, -0.05) is 0 Å². The van der Waals surface area contributed by atoms with E-state index >= 15 is 0 Å². The summed E-state index contributed by atoms with van der Waals surface area (Å²) in [5, 5.41) is 3.87. The smallest absolute Gasteiger partial charge is 0.296 e. The molecule has 7 heteroatoms. The normalized spacial score (nSPS) is 15.2. The van der Waals surface area contributed by atoms with Gasteiger partial charge in [0, 0.05) is 18.4 Å². The van der Waals surface area contributed by atoms with Crippen molar-refractivity contribution in [1.29, 1.82) is 0 Å². The third-order valence-corrected chi connectivity index (χ3v) is 2.52. The monoisotopic (exact) mass is 218 g/mol. The molecule has 82 valence electrons. The maximum absolute atomic E-state index is 12.0. The number of rotatable bonds is 2. The predicted octanol–water partition coefficient (Wildman–Crippen LogP) is -0.259. The Morgan fingerprint density at radius 3 is 2.81 bits per heavy atom. The summed E-state index contributed by atoms with van der Waals surface area (Å²) < 4.78 is 2.98. The zero-order valence-electron chi connectivity index (χ0n) is 8.45. The molecule has 0 aromatic carbocycles. The summed E-state index contributed by atoms with van der Waals surface area (Å²) in [6.45, 7) is 0. The van der Waals surface area contributed by atoms with E-state index in [-0.39, 0.29) is 17.3 Å². The van der Waals surface area contributed by atoms with Crippen LogP contribution in [0.1, 0.15) is 18.9 Å². The summed E-state index contributed by atoms with van der Waals surface area (Å²) in [5.74, 6) is 0.363. The number of nitrogens with zero attached hydrogens (tertiary/aromatic N) is 5. The molecule has 1 fully saturated rings. The van der Waals surface area contributed by atoms with Gasteiger partial charge in [-0.3, -0.25) is 4.79 Å². The van der Waals surface area contributed by atoms with E-state index in [1.165, 1.54) is 11.0 Å². The Bertz CT molecular complexity index is 582. The molecule has 3 rings (SSSR count). The largest absolute Gasteiger partial charge is 0.366 e. The molecule has 0 amide bonds. The van der Waals surface area contributed by atoms with Crippen molar-refractivity contribution in [2.45, 2.75) is 18.9 Å². The van der Waals surface area contributed by atoms with Crippen molar-refractivity contribution < 1.29 is 0 Å². The standard InChI is InChI=1S/C9H10N6O/c10-9-12-5-15(13-9)7-8(16)14(4-3-11-7)6-1-2-6/h3-6H,1-2H2,(H2,10,13). The summed E-state index contributed by atoms with van der Waals surface area (Å²) in [6, 6.07) is 0.315. The fourth-order valence-electron chi connectivity index (χ4n) is 1.59. The van der Waals surface area contributed by atoms with Gasteiger partial charge in [-0.15, -0.1) is 5.10 Å². The van der Waals surface area contributed by atoms with E-state index in [4.69, 9.17) is 5.73 Å². The molecule has 1 aliphatic rings. The third kappa shape index (κ3) is 1.37. The van der Waals surface area contributed by atoms with Crippen LogP contribution in [0.2, 0.25) is 0 Å². The topological polar surface area (TPSA) is 91.6 Å². The van der Waals surface area contributed by atoms with Crippen LogP contribution >= 0.6 is 0 Å². The zero-order valence-corrected chi connectivity index (χ0v) is 8.45. The SMILES string of the molecule is Nc1ncn(-c2nccn(C3CC3)c2=O)n1. The number of aromatic nitrogens is 5. The lowest BCUT2D eigenvalue weighted by Gasteiger charge is -2.04. The van der Waals surface area contributed by atoms with Crippen molar-refractivity contribution >= 4 is 5.95 Å². The highest BCUT2D eigenvalue weighted by Gasteiger charge is 2.25. The minimum atomic E-state index is -0.157. The van der Waals surface area contributed by atoms with Gasteiger partial charge in [-0.2, -0.15) is 4.68 Å². The van der Waals surface area contributed by atoms with E-state index < -0.39 is 0 Å². The molecule has 0 spiro atoms. The molecule has 0 aliphatic heterocycles. The van der Waals surface area contributed by atoms with E-state index in [9.17, 15) is 4.79 Å². The van der Waals surface area contributed by atoms with E-state index in [1.54, 1.807) is 17.0 Å². The van der Waals surface area contributed by atoms with Gasteiger partial charge in [0.15, 0.2) is 0 Å². The van der Waals surface area contributed by atoms with Crippen LogP contribution in [-0.4, -0.2) is 24.3 Å². The van der Waals surface area contributed by atoms with Crippen LogP contribution in [0.5, 0.6) is 0 Å². The predicted molar refractivity (Wildman–Crippen MR) is 56.1 cm³/mol. The number of nitrogens with two attached hydrogens (primary N) is 1. The molecule has 1 saturated carbocycles. The van der Waals surface area contributed by atoms with Crippen molar-refractivity contribution in [2.24, 2.45) is 0 Å². The first kappa shape index (κ1) is 9.08. The Morgan fingerprint density at radius 1 is 1.38 bits per heavy atom. The summed E-state index contributed by atoms with van der Waals surface area (Å²) >= 11 is 0. The summed E-state index contributed by atoms with van der Waals surface area (Å²) in [5.41, 5.74) is 5.24. The average Bonchev–Trinajstić information content (AvgIpc) is 3.02. The van der Waals surface area contributed by atoms with Crippen molar-refractivity contribution in [1.82, 2.24) is 24.3 Å². The van der Waals surface area contributed by atoms with Crippen molar-refractivity contribution in [3.05, 3.63) is 29.1 Å². The van der Waals surface area contributed by atoms with Crippen LogP contribution < -0.4 is 11.3 Å². The van der Waals surface area contributed by atoms with Gasteiger partial charge in [0.05, 0.1) is 0 Å². The van der Waals surface area contributed by atoms with E-state index in [1.807, 2.05) is 0 Å². The van der Waals surface area contributed by atoms with Gasteiger partial charge in [0.1, 0.15) is 6.33 Å². The first-order valence-electron chi connectivity index (χ1n) is 5.00. The van der Waals surface area contributed by atoms with E-state index in [0.717, 1.165) is 12.8 Å². The molecule has 0 atom stereocenters. The molecule has 2 heterocycles. The minimum Gasteiger partial charge on any atom is -0.366 e. The zero-order chi connectivity index (χ0) is 11.1. The van der Waals surface area contributed by atoms with Crippen LogP contribution in [0.15, 0.2) is 23.5 Å². The molecule has 1 aliphatic carbocycles. The third-order valence-electron chi connectivity index (χ3n) is 2.52. The van der Waals surface area contributed by atoms with Gasteiger partial charge in [0.25, 0.3) is 5.56 Å².